The fraction of sp³-hybridized carbons (Fsp3) is 0.217. The van der Waals surface area contributed by atoms with Gasteiger partial charge in [0.2, 0.25) is 0 Å². The van der Waals surface area contributed by atoms with Gasteiger partial charge in [-0.1, -0.05) is 66.5 Å². The average molecular weight is 426 g/mol. The molecule has 0 bridgehead atoms. The second-order valence-corrected chi connectivity index (χ2v) is 8.11. The molecule has 1 fully saturated rings. The molecule has 0 unspecified atom stereocenters. The molecule has 1 aliphatic rings. The molecule has 2 aromatic carbocycles. The first-order valence-corrected chi connectivity index (χ1v) is 10.6. The number of thiocarbonyl (C=S) groups is 1. The quantitative estimate of drug-likeness (QED) is 0.238. The molecular formula is C23H23NO3S2. The van der Waals surface area contributed by atoms with Gasteiger partial charge in [0.25, 0.3) is 5.91 Å². The Balaban J connectivity index is 1.58. The Hall–Kier alpha value is -2.57. The molecule has 6 heteroatoms. The first-order chi connectivity index (χ1) is 14.1. The number of rotatable bonds is 9. The van der Waals surface area contributed by atoms with Gasteiger partial charge in [-0.2, -0.15) is 0 Å². The van der Waals surface area contributed by atoms with Crippen LogP contribution in [0.25, 0.3) is 6.08 Å². The van der Waals surface area contributed by atoms with Crippen molar-refractivity contribution in [1.82, 2.24) is 4.90 Å². The summed E-state index contributed by atoms with van der Waals surface area (Å²) < 4.78 is 12.3. The summed E-state index contributed by atoms with van der Waals surface area (Å²) >= 11 is 6.59. The summed E-state index contributed by atoms with van der Waals surface area (Å²) in [5.41, 5.74) is 1.97. The summed E-state index contributed by atoms with van der Waals surface area (Å²) in [6, 6.07) is 15.6. The van der Waals surface area contributed by atoms with Crippen LogP contribution in [0.4, 0.5) is 0 Å². The van der Waals surface area contributed by atoms with E-state index >= 15 is 0 Å². The largest absolute Gasteiger partial charge is 0.493 e. The SMILES string of the molecule is C=CCN1C(=O)/C(=C\c2ccccc2OCCCOc2ccccc2C)SC1=S. The molecule has 1 amide bonds. The van der Waals surface area contributed by atoms with Crippen LogP contribution in [-0.4, -0.2) is 34.9 Å². The Kier molecular flexibility index (Phi) is 7.49. The molecule has 0 radical (unpaired) electrons. The van der Waals surface area contributed by atoms with Gasteiger partial charge in [0, 0.05) is 18.5 Å². The van der Waals surface area contributed by atoms with E-state index in [0.717, 1.165) is 29.0 Å². The van der Waals surface area contributed by atoms with E-state index in [1.807, 2.05) is 61.5 Å². The number of hydrogen-bond acceptors (Lipinski definition) is 5. The van der Waals surface area contributed by atoms with Crippen molar-refractivity contribution in [3.8, 4) is 11.5 Å². The lowest BCUT2D eigenvalue weighted by Gasteiger charge is -2.12. The van der Waals surface area contributed by atoms with Gasteiger partial charge in [-0.15, -0.1) is 6.58 Å². The van der Waals surface area contributed by atoms with Crippen LogP contribution in [0.5, 0.6) is 11.5 Å². The zero-order chi connectivity index (χ0) is 20.6. The van der Waals surface area contributed by atoms with E-state index in [1.54, 1.807) is 11.0 Å². The summed E-state index contributed by atoms with van der Waals surface area (Å²) in [6.45, 7) is 7.22. The molecule has 0 spiro atoms. The molecule has 4 nitrogen and oxygen atoms in total. The molecule has 0 aromatic heterocycles. The van der Waals surface area contributed by atoms with Crippen LogP contribution >= 0.6 is 24.0 Å². The Morgan fingerprint density at radius 2 is 1.72 bits per heavy atom. The molecule has 1 aliphatic heterocycles. The molecule has 0 atom stereocenters. The Morgan fingerprint density at radius 3 is 2.45 bits per heavy atom. The van der Waals surface area contributed by atoms with Crippen molar-refractivity contribution in [2.45, 2.75) is 13.3 Å². The minimum atomic E-state index is -0.0960. The van der Waals surface area contributed by atoms with Crippen molar-refractivity contribution in [3.63, 3.8) is 0 Å². The summed E-state index contributed by atoms with van der Waals surface area (Å²) in [5, 5.41) is 0. The van der Waals surface area contributed by atoms with Gasteiger partial charge < -0.3 is 9.47 Å². The van der Waals surface area contributed by atoms with Crippen molar-refractivity contribution in [2.24, 2.45) is 0 Å². The lowest BCUT2D eigenvalue weighted by atomic mass is 10.2. The smallest absolute Gasteiger partial charge is 0.266 e. The van der Waals surface area contributed by atoms with Gasteiger partial charge in [-0.05, 0) is 30.7 Å². The zero-order valence-corrected chi connectivity index (χ0v) is 17.9. The van der Waals surface area contributed by atoms with Crippen molar-refractivity contribution in [1.29, 1.82) is 0 Å². The molecule has 0 N–H and O–H groups in total. The van der Waals surface area contributed by atoms with E-state index in [0.29, 0.717) is 29.0 Å². The zero-order valence-electron chi connectivity index (χ0n) is 16.3. The van der Waals surface area contributed by atoms with Crippen LogP contribution in [0, 0.1) is 6.92 Å². The first-order valence-electron chi connectivity index (χ1n) is 9.36. The molecule has 150 valence electrons. The number of carbonyl (C=O) groups is 1. The Morgan fingerprint density at radius 1 is 1.07 bits per heavy atom. The summed E-state index contributed by atoms with van der Waals surface area (Å²) in [4.78, 5) is 14.7. The molecule has 29 heavy (non-hydrogen) atoms. The normalized spacial score (nSPS) is 15.1. The first kappa shape index (κ1) is 21.1. The third-order valence-electron chi connectivity index (χ3n) is 4.29. The van der Waals surface area contributed by atoms with Crippen LogP contribution < -0.4 is 9.47 Å². The number of hydrogen-bond donors (Lipinski definition) is 0. The van der Waals surface area contributed by atoms with Gasteiger partial charge >= 0.3 is 0 Å². The van der Waals surface area contributed by atoms with Crippen LogP contribution in [0.15, 0.2) is 66.1 Å². The topological polar surface area (TPSA) is 38.8 Å². The van der Waals surface area contributed by atoms with Gasteiger partial charge in [0.15, 0.2) is 0 Å². The number of amides is 1. The monoisotopic (exact) mass is 425 g/mol. The Labute approximate surface area is 181 Å². The van der Waals surface area contributed by atoms with Crippen molar-refractivity contribution < 1.29 is 14.3 Å². The summed E-state index contributed by atoms with van der Waals surface area (Å²) in [5.74, 6) is 1.54. The fourth-order valence-corrected chi connectivity index (χ4v) is 4.07. The van der Waals surface area contributed by atoms with E-state index in [-0.39, 0.29) is 5.91 Å². The van der Waals surface area contributed by atoms with Crippen LogP contribution in [-0.2, 0) is 4.79 Å². The predicted molar refractivity (Wildman–Crippen MR) is 123 cm³/mol. The molecule has 0 saturated carbocycles. The number of benzene rings is 2. The molecule has 3 rings (SSSR count). The lowest BCUT2D eigenvalue weighted by molar-refractivity contribution is -0.121. The van der Waals surface area contributed by atoms with E-state index in [9.17, 15) is 4.79 Å². The van der Waals surface area contributed by atoms with Crippen LogP contribution in [0.1, 0.15) is 17.5 Å². The van der Waals surface area contributed by atoms with Gasteiger partial charge in [0.05, 0.1) is 18.1 Å². The predicted octanol–water partition coefficient (Wildman–Crippen LogP) is 5.23. The molecule has 2 aromatic rings. The second-order valence-electron chi connectivity index (χ2n) is 6.43. The highest BCUT2D eigenvalue weighted by Crippen LogP contribution is 2.34. The van der Waals surface area contributed by atoms with E-state index in [4.69, 9.17) is 21.7 Å². The average Bonchev–Trinajstić information content (AvgIpc) is 2.98. The maximum Gasteiger partial charge on any atom is 0.266 e. The van der Waals surface area contributed by atoms with Gasteiger partial charge in [-0.25, -0.2) is 0 Å². The van der Waals surface area contributed by atoms with E-state index in [1.165, 1.54) is 11.8 Å². The van der Waals surface area contributed by atoms with E-state index < -0.39 is 0 Å². The van der Waals surface area contributed by atoms with Crippen LogP contribution in [0.3, 0.4) is 0 Å². The van der Waals surface area contributed by atoms with Crippen LogP contribution in [0.2, 0.25) is 0 Å². The number of ether oxygens (including phenoxy) is 2. The van der Waals surface area contributed by atoms with Crippen molar-refractivity contribution >= 4 is 40.3 Å². The van der Waals surface area contributed by atoms with Gasteiger partial charge in [0.1, 0.15) is 15.8 Å². The number of carbonyl (C=O) groups excluding carboxylic acids is 1. The van der Waals surface area contributed by atoms with Crippen molar-refractivity contribution in [3.05, 3.63) is 77.2 Å². The third kappa shape index (κ3) is 5.49. The van der Waals surface area contributed by atoms with E-state index in [2.05, 4.69) is 6.58 Å². The number of para-hydroxylation sites is 2. The minimum absolute atomic E-state index is 0.0960. The standard InChI is InChI=1S/C23H23NO3S2/c1-3-13-24-22(25)21(29-23(24)28)16-18-10-5-7-12-20(18)27-15-8-14-26-19-11-6-4-9-17(19)2/h3-7,9-12,16H,1,8,13-15H2,2H3/b21-16+. The molecule has 1 heterocycles. The highest BCUT2D eigenvalue weighted by Gasteiger charge is 2.31. The molecule has 0 aliphatic carbocycles. The maximum absolute atomic E-state index is 12.5. The van der Waals surface area contributed by atoms with Gasteiger partial charge in [-0.3, -0.25) is 9.69 Å². The lowest BCUT2D eigenvalue weighted by Crippen LogP contribution is -2.27. The summed E-state index contributed by atoms with van der Waals surface area (Å²) in [6.07, 6.45) is 4.26. The Bertz CT molecular complexity index is 939. The highest BCUT2D eigenvalue weighted by molar-refractivity contribution is 8.26. The number of aryl methyl sites for hydroxylation is 1. The minimum Gasteiger partial charge on any atom is -0.493 e. The van der Waals surface area contributed by atoms with Crippen molar-refractivity contribution in [2.75, 3.05) is 19.8 Å². The summed E-state index contributed by atoms with van der Waals surface area (Å²) in [7, 11) is 0. The number of thioether (sulfide) groups is 1. The molecular weight excluding hydrogens is 402 g/mol. The fourth-order valence-electron chi connectivity index (χ4n) is 2.80. The third-order valence-corrected chi connectivity index (χ3v) is 5.67. The number of nitrogens with zero attached hydrogens (tertiary/aromatic N) is 1. The second kappa shape index (κ2) is 10.3. The maximum atomic E-state index is 12.5. The highest BCUT2D eigenvalue weighted by atomic mass is 32.2. The molecule has 1 saturated heterocycles.